The summed E-state index contributed by atoms with van der Waals surface area (Å²) in [5, 5.41) is 0. The third-order valence-electron chi connectivity index (χ3n) is 3.51. The van der Waals surface area contributed by atoms with Gasteiger partial charge >= 0.3 is 0 Å². The minimum Gasteiger partial charge on any atom is -0.384 e. The van der Waals surface area contributed by atoms with Crippen LogP contribution in [0.15, 0.2) is 11.9 Å². The molecule has 14 heavy (non-hydrogen) atoms. The summed E-state index contributed by atoms with van der Waals surface area (Å²) in [7, 11) is 0. The third kappa shape index (κ3) is 1.29. The number of nitrogens with zero attached hydrogens (tertiary/aromatic N) is 1. The summed E-state index contributed by atoms with van der Waals surface area (Å²) >= 11 is 0. The van der Waals surface area contributed by atoms with Crippen LogP contribution in [0.3, 0.4) is 0 Å². The maximum Gasteiger partial charge on any atom is 0.133 e. The van der Waals surface area contributed by atoms with Gasteiger partial charge in [0.05, 0.1) is 0 Å². The molecular weight excluding hydrogens is 202 g/mol. The molecule has 2 bridgehead atoms. The predicted molar refractivity (Wildman–Crippen MR) is 55.6 cm³/mol. The van der Waals surface area contributed by atoms with Crippen LogP contribution < -0.4 is 11.2 Å². The van der Waals surface area contributed by atoms with Crippen LogP contribution in [0.5, 0.6) is 0 Å². The average Bonchev–Trinajstić information content (AvgIpc) is 2.49. The number of hydrogen-bond donors (Lipinski definition) is 2. The van der Waals surface area contributed by atoms with Gasteiger partial charge in [-0.15, -0.1) is 12.4 Å². The van der Waals surface area contributed by atoms with E-state index in [4.69, 9.17) is 10.6 Å². The quantitative estimate of drug-likeness (QED) is 0.609. The van der Waals surface area contributed by atoms with Crippen molar-refractivity contribution in [1.82, 2.24) is 10.4 Å². The molecule has 3 saturated heterocycles. The maximum absolute atomic E-state index is 5.68. The zero-order valence-electron chi connectivity index (χ0n) is 8.03. The Morgan fingerprint density at radius 2 is 2.21 bits per heavy atom. The Balaban J connectivity index is 0.000000750. The molecule has 3 N–H and O–H groups in total. The van der Waals surface area contributed by atoms with E-state index in [1.807, 2.05) is 0 Å². The Hall–Kier alpha value is -0.450. The van der Waals surface area contributed by atoms with Crippen LogP contribution in [0.4, 0.5) is 0 Å². The second kappa shape index (κ2) is 3.29. The Morgan fingerprint density at radius 1 is 1.50 bits per heavy atom. The molecule has 5 heteroatoms. The number of rotatable bonds is 0. The number of piperidine rings is 3. The first-order valence-electron chi connectivity index (χ1n) is 4.93. The molecule has 1 spiro atoms. The van der Waals surface area contributed by atoms with Crippen molar-refractivity contribution in [2.45, 2.75) is 18.4 Å². The van der Waals surface area contributed by atoms with Gasteiger partial charge in [0.2, 0.25) is 0 Å². The van der Waals surface area contributed by atoms with Crippen molar-refractivity contribution in [1.29, 1.82) is 0 Å². The minimum absolute atomic E-state index is 0. The molecule has 0 aromatic rings. The molecule has 80 valence electrons. The summed E-state index contributed by atoms with van der Waals surface area (Å²) < 4.78 is 0. The molecule has 1 atom stereocenters. The highest BCUT2D eigenvalue weighted by Crippen LogP contribution is 2.40. The lowest BCUT2D eigenvalue weighted by Crippen LogP contribution is -2.58. The van der Waals surface area contributed by atoms with E-state index in [1.165, 1.54) is 25.9 Å². The van der Waals surface area contributed by atoms with Crippen molar-refractivity contribution < 1.29 is 4.84 Å². The summed E-state index contributed by atoms with van der Waals surface area (Å²) in [4.78, 5) is 8.07. The van der Waals surface area contributed by atoms with Crippen molar-refractivity contribution >= 4 is 12.4 Å². The van der Waals surface area contributed by atoms with Gasteiger partial charge in [-0.2, -0.15) is 0 Å². The smallest absolute Gasteiger partial charge is 0.133 e. The van der Waals surface area contributed by atoms with E-state index in [2.05, 4.69) is 16.5 Å². The number of halogens is 1. The fourth-order valence-electron chi connectivity index (χ4n) is 2.81. The van der Waals surface area contributed by atoms with E-state index >= 15 is 0 Å². The fraction of sp³-hybridized carbons (Fsp3) is 0.778. The van der Waals surface area contributed by atoms with Crippen LogP contribution in [0.1, 0.15) is 12.8 Å². The number of hydrogen-bond acceptors (Lipinski definition) is 4. The summed E-state index contributed by atoms with van der Waals surface area (Å²) in [6, 6.07) is 0. The number of nitrogens with two attached hydrogens (primary N) is 1. The maximum atomic E-state index is 5.68. The molecule has 0 saturated carbocycles. The first kappa shape index (κ1) is 10.1. The summed E-state index contributed by atoms with van der Waals surface area (Å²) in [6.45, 7) is 3.46. The Bertz CT molecular complexity index is 263. The molecule has 0 aromatic carbocycles. The van der Waals surface area contributed by atoms with Gasteiger partial charge in [-0.3, -0.25) is 15.2 Å². The molecule has 3 fully saturated rings. The first-order chi connectivity index (χ1) is 6.28. The van der Waals surface area contributed by atoms with Gasteiger partial charge in [-0.25, -0.2) is 0 Å². The Kier molecular flexibility index (Phi) is 2.37. The second-order valence-corrected chi connectivity index (χ2v) is 4.31. The van der Waals surface area contributed by atoms with Gasteiger partial charge in [0.1, 0.15) is 11.4 Å². The van der Waals surface area contributed by atoms with Crippen LogP contribution in [0.2, 0.25) is 0 Å². The van der Waals surface area contributed by atoms with Gasteiger partial charge in [0.15, 0.2) is 0 Å². The van der Waals surface area contributed by atoms with E-state index in [0.29, 0.717) is 11.7 Å². The monoisotopic (exact) mass is 217 g/mol. The lowest BCUT2D eigenvalue weighted by Gasteiger charge is -2.49. The number of fused-ring (bicyclic) bond motifs is 2. The van der Waals surface area contributed by atoms with Gasteiger partial charge in [0.25, 0.3) is 0 Å². The fourth-order valence-corrected chi connectivity index (χ4v) is 2.81. The first-order valence-corrected chi connectivity index (χ1v) is 4.93. The normalized spacial score (nSPS) is 44.4. The topological polar surface area (TPSA) is 50.5 Å². The minimum atomic E-state index is -0.111. The van der Waals surface area contributed by atoms with Crippen molar-refractivity contribution in [2.75, 3.05) is 19.6 Å². The highest BCUT2D eigenvalue weighted by molar-refractivity contribution is 5.85. The molecule has 4 heterocycles. The lowest BCUT2D eigenvalue weighted by molar-refractivity contribution is -0.138. The molecule has 4 aliphatic rings. The SMILES string of the molecule is Cl.NC1=CC2(CN3CCC2CC3)ON1. The van der Waals surface area contributed by atoms with Crippen molar-refractivity contribution in [3.63, 3.8) is 0 Å². The van der Waals surface area contributed by atoms with E-state index in [-0.39, 0.29) is 18.0 Å². The second-order valence-electron chi connectivity index (χ2n) is 4.31. The third-order valence-corrected chi connectivity index (χ3v) is 3.51. The van der Waals surface area contributed by atoms with Gasteiger partial charge in [-0.05, 0) is 37.9 Å². The summed E-state index contributed by atoms with van der Waals surface area (Å²) in [5.41, 5.74) is 8.35. The Morgan fingerprint density at radius 3 is 2.64 bits per heavy atom. The summed E-state index contributed by atoms with van der Waals surface area (Å²) in [6.07, 6.45) is 4.54. The Labute approximate surface area is 89.8 Å². The lowest BCUT2D eigenvalue weighted by atomic mass is 9.75. The van der Waals surface area contributed by atoms with E-state index in [0.717, 1.165) is 6.54 Å². The number of hydroxylamine groups is 1. The molecule has 0 amide bonds. The molecule has 0 aliphatic carbocycles. The standard InChI is InChI=1S/C9H15N3O.ClH/c10-8-5-9(13-11-8)6-12-3-1-7(9)2-4-12;/h5,7,11H,1-4,6,10H2;1H. The predicted octanol–water partition coefficient (Wildman–Crippen LogP) is 0.207. The van der Waals surface area contributed by atoms with Crippen molar-refractivity contribution in [3.8, 4) is 0 Å². The molecule has 4 aliphatic heterocycles. The molecular formula is C9H16ClN3O. The zero-order chi connectivity index (χ0) is 8.89. The van der Waals surface area contributed by atoms with Crippen LogP contribution in [0, 0.1) is 5.92 Å². The molecule has 4 rings (SSSR count). The molecule has 0 radical (unpaired) electrons. The molecule has 0 aromatic heterocycles. The van der Waals surface area contributed by atoms with E-state index in [9.17, 15) is 0 Å². The van der Waals surface area contributed by atoms with Gasteiger partial charge in [-0.1, -0.05) is 0 Å². The molecule has 1 unspecified atom stereocenters. The molecule has 4 nitrogen and oxygen atoms in total. The zero-order valence-corrected chi connectivity index (χ0v) is 8.85. The van der Waals surface area contributed by atoms with Crippen molar-refractivity contribution in [2.24, 2.45) is 11.7 Å². The van der Waals surface area contributed by atoms with E-state index in [1.54, 1.807) is 0 Å². The average molecular weight is 218 g/mol. The van der Waals surface area contributed by atoms with Crippen LogP contribution >= 0.6 is 12.4 Å². The number of nitrogens with one attached hydrogen (secondary N) is 1. The summed E-state index contributed by atoms with van der Waals surface area (Å²) in [5.74, 6) is 1.33. The van der Waals surface area contributed by atoms with Crippen molar-refractivity contribution in [3.05, 3.63) is 11.9 Å². The highest BCUT2D eigenvalue weighted by Gasteiger charge is 2.49. The van der Waals surface area contributed by atoms with Gasteiger partial charge in [0, 0.05) is 6.54 Å². The van der Waals surface area contributed by atoms with E-state index < -0.39 is 0 Å². The van der Waals surface area contributed by atoms with Crippen LogP contribution in [0.25, 0.3) is 0 Å². The largest absolute Gasteiger partial charge is 0.384 e. The van der Waals surface area contributed by atoms with Gasteiger partial charge < -0.3 is 5.73 Å². The highest BCUT2D eigenvalue weighted by atomic mass is 35.5. The van der Waals surface area contributed by atoms with Crippen LogP contribution in [-0.2, 0) is 4.84 Å². The van der Waals surface area contributed by atoms with Crippen LogP contribution in [-0.4, -0.2) is 30.1 Å².